The van der Waals surface area contributed by atoms with Crippen LogP contribution < -0.4 is 0 Å². The molecule has 1 aliphatic rings. The third kappa shape index (κ3) is 4.37. The Morgan fingerprint density at radius 1 is 1.33 bits per heavy atom. The van der Waals surface area contributed by atoms with Gasteiger partial charge in [0.2, 0.25) is 0 Å². The maximum Gasteiger partial charge on any atom is 0.167 e. The largest absolute Gasteiger partial charge is 0.393 e. The number of aliphatic hydroxyl groups excluding tert-OH is 1. The molecule has 0 aromatic heterocycles. The fourth-order valence-electron chi connectivity index (χ4n) is 2.64. The summed E-state index contributed by atoms with van der Waals surface area (Å²) in [6.07, 6.45) is 1.51. The van der Waals surface area contributed by atoms with E-state index < -0.39 is 6.23 Å². The van der Waals surface area contributed by atoms with Crippen molar-refractivity contribution in [1.29, 1.82) is 0 Å². The predicted molar refractivity (Wildman–Crippen MR) is 82.1 cm³/mol. The van der Waals surface area contributed by atoms with E-state index in [0.29, 0.717) is 32.5 Å². The van der Waals surface area contributed by atoms with E-state index in [1.807, 2.05) is 23.1 Å². The third-order valence-electron chi connectivity index (χ3n) is 4.15. The fraction of sp³-hybridized carbons (Fsp3) is 0.588. The van der Waals surface area contributed by atoms with Gasteiger partial charge in [0.15, 0.2) is 12.5 Å². The average molecular weight is 291 g/mol. The number of benzene rings is 1. The lowest BCUT2D eigenvalue weighted by atomic mass is 9.86. The SMILES string of the molecule is CC(C)(COC(C=O)N1CCC(O)CC1)c1ccccc1. The van der Waals surface area contributed by atoms with Crippen LogP contribution in [0.15, 0.2) is 30.3 Å². The first-order valence-corrected chi connectivity index (χ1v) is 7.57. The van der Waals surface area contributed by atoms with Crippen LogP contribution in [-0.2, 0) is 14.9 Å². The van der Waals surface area contributed by atoms with Crippen molar-refractivity contribution in [3.8, 4) is 0 Å². The third-order valence-corrected chi connectivity index (χ3v) is 4.15. The van der Waals surface area contributed by atoms with Crippen molar-refractivity contribution >= 4 is 6.29 Å². The molecule has 4 nitrogen and oxygen atoms in total. The van der Waals surface area contributed by atoms with Gasteiger partial charge in [0.25, 0.3) is 0 Å². The van der Waals surface area contributed by atoms with Gasteiger partial charge < -0.3 is 9.84 Å². The number of ether oxygens (including phenoxy) is 1. The molecule has 0 saturated carbocycles. The molecule has 2 rings (SSSR count). The molecule has 1 aromatic rings. The Kier molecular flexibility index (Phi) is 5.51. The van der Waals surface area contributed by atoms with Crippen molar-refractivity contribution in [2.45, 2.75) is 44.4 Å². The molecule has 1 unspecified atom stereocenters. The molecule has 4 heteroatoms. The van der Waals surface area contributed by atoms with Crippen molar-refractivity contribution < 1.29 is 14.6 Å². The lowest BCUT2D eigenvalue weighted by Gasteiger charge is -2.35. The monoisotopic (exact) mass is 291 g/mol. The van der Waals surface area contributed by atoms with E-state index >= 15 is 0 Å². The highest BCUT2D eigenvalue weighted by atomic mass is 16.5. The van der Waals surface area contributed by atoms with Gasteiger partial charge in [0, 0.05) is 18.5 Å². The molecule has 21 heavy (non-hydrogen) atoms. The van der Waals surface area contributed by atoms with E-state index in [1.54, 1.807) is 0 Å². The second-order valence-electron chi connectivity index (χ2n) is 6.35. The molecule has 1 saturated heterocycles. The fourth-order valence-corrected chi connectivity index (χ4v) is 2.64. The summed E-state index contributed by atoms with van der Waals surface area (Å²) in [5.74, 6) is 0. The summed E-state index contributed by atoms with van der Waals surface area (Å²) in [6.45, 7) is 6.13. The normalized spacial score (nSPS) is 19.4. The quantitative estimate of drug-likeness (QED) is 0.814. The van der Waals surface area contributed by atoms with Gasteiger partial charge in [0.05, 0.1) is 12.7 Å². The molecule has 1 fully saturated rings. The number of likely N-dealkylation sites (tertiary alicyclic amines) is 1. The average Bonchev–Trinajstić information content (AvgIpc) is 2.50. The van der Waals surface area contributed by atoms with E-state index in [9.17, 15) is 9.90 Å². The lowest BCUT2D eigenvalue weighted by Crippen LogP contribution is -2.46. The number of rotatable bonds is 6. The minimum absolute atomic E-state index is 0.141. The number of hydrogen-bond donors (Lipinski definition) is 1. The minimum atomic E-state index is -0.513. The molecule has 1 aliphatic heterocycles. The summed E-state index contributed by atoms with van der Waals surface area (Å²) in [5.41, 5.74) is 1.06. The van der Waals surface area contributed by atoms with E-state index in [-0.39, 0.29) is 11.5 Å². The number of aliphatic hydroxyl groups is 1. The van der Waals surface area contributed by atoms with Crippen LogP contribution in [0.1, 0.15) is 32.3 Å². The maximum atomic E-state index is 11.3. The molecular weight excluding hydrogens is 266 g/mol. The zero-order valence-electron chi connectivity index (χ0n) is 12.9. The van der Waals surface area contributed by atoms with Crippen LogP contribution in [0.4, 0.5) is 0 Å². The van der Waals surface area contributed by atoms with Gasteiger partial charge in [-0.1, -0.05) is 44.2 Å². The number of carbonyl (C=O) groups excluding carboxylic acids is 1. The van der Waals surface area contributed by atoms with Crippen LogP contribution >= 0.6 is 0 Å². The smallest absolute Gasteiger partial charge is 0.167 e. The van der Waals surface area contributed by atoms with Gasteiger partial charge in [-0.25, -0.2) is 0 Å². The standard InChI is InChI=1S/C17H25NO3/c1-17(2,14-6-4-3-5-7-14)13-21-16(12-19)18-10-8-15(20)9-11-18/h3-7,12,15-16,20H,8-11,13H2,1-2H3. The Balaban J connectivity index is 1.92. The first kappa shape index (κ1) is 16.1. The van der Waals surface area contributed by atoms with Gasteiger partial charge in [-0.2, -0.15) is 0 Å². The molecule has 0 bridgehead atoms. The highest BCUT2D eigenvalue weighted by molar-refractivity contribution is 5.55. The zero-order chi connectivity index (χ0) is 15.3. The second kappa shape index (κ2) is 7.16. The molecule has 1 N–H and O–H groups in total. The van der Waals surface area contributed by atoms with E-state index in [1.165, 1.54) is 5.56 Å². The topological polar surface area (TPSA) is 49.8 Å². The Bertz CT molecular complexity index is 439. The van der Waals surface area contributed by atoms with Crippen LogP contribution in [0.3, 0.4) is 0 Å². The van der Waals surface area contributed by atoms with Crippen molar-refractivity contribution in [3.05, 3.63) is 35.9 Å². The Morgan fingerprint density at radius 2 is 1.95 bits per heavy atom. The maximum absolute atomic E-state index is 11.3. The van der Waals surface area contributed by atoms with Gasteiger partial charge >= 0.3 is 0 Å². The predicted octanol–water partition coefficient (Wildman–Crippen LogP) is 1.96. The minimum Gasteiger partial charge on any atom is -0.393 e. The van der Waals surface area contributed by atoms with Crippen LogP contribution in [0.2, 0.25) is 0 Å². The Labute approximate surface area is 126 Å². The molecular formula is C17H25NO3. The number of aldehydes is 1. The van der Waals surface area contributed by atoms with E-state index in [0.717, 1.165) is 6.29 Å². The van der Waals surface area contributed by atoms with Gasteiger partial charge in [-0.15, -0.1) is 0 Å². The highest BCUT2D eigenvalue weighted by Gasteiger charge is 2.27. The van der Waals surface area contributed by atoms with E-state index in [4.69, 9.17) is 4.74 Å². The first-order chi connectivity index (χ1) is 10.0. The van der Waals surface area contributed by atoms with Crippen LogP contribution in [-0.4, -0.2) is 48.3 Å². The van der Waals surface area contributed by atoms with Crippen LogP contribution in [0.5, 0.6) is 0 Å². The van der Waals surface area contributed by atoms with Crippen molar-refractivity contribution in [2.75, 3.05) is 19.7 Å². The molecule has 1 heterocycles. The summed E-state index contributed by atoms with van der Waals surface area (Å²) in [7, 11) is 0. The number of piperidine rings is 1. The molecule has 0 radical (unpaired) electrons. The zero-order valence-corrected chi connectivity index (χ0v) is 12.9. The summed E-state index contributed by atoms with van der Waals surface area (Å²) in [6, 6.07) is 10.2. The summed E-state index contributed by atoms with van der Waals surface area (Å²) in [4.78, 5) is 13.3. The number of hydrogen-bond acceptors (Lipinski definition) is 4. The number of carbonyl (C=O) groups is 1. The summed E-state index contributed by atoms with van der Waals surface area (Å²) in [5, 5.41) is 9.53. The highest BCUT2D eigenvalue weighted by Crippen LogP contribution is 2.24. The first-order valence-electron chi connectivity index (χ1n) is 7.57. The molecule has 1 aromatic carbocycles. The Morgan fingerprint density at radius 3 is 2.52 bits per heavy atom. The second-order valence-corrected chi connectivity index (χ2v) is 6.35. The van der Waals surface area contributed by atoms with E-state index in [2.05, 4.69) is 26.0 Å². The molecule has 0 amide bonds. The lowest BCUT2D eigenvalue weighted by molar-refractivity contribution is -0.137. The summed E-state index contributed by atoms with van der Waals surface area (Å²) < 4.78 is 5.86. The summed E-state index contributed by atoms with van der Waals surface area (Å²) >= 11 is 0. The van der Waals surface area contributed by atoms with Crippen molar-refractivity contribution in [1.82, 2.24) is 4.90 Å². The van der Waals surface area contributed by atoms with Gasteiger partial charge in [0.1, 0.15) is 0 Å². The molecule has 1 atom stereocenters. The van der Waals surface area contributed by atoms with Gasteiger partial charge in [-0.3, -0.25) is 9.69 Å². The van der Waals surface area contributed by atoms with Crippen LogP contribution in [0.25, 0.3) is 0 Å². The molecule has 0 aliphatic carbocycles. The molecule has 116 valence electrons. The van der Waals surface area contributed by atoms with Crippen LogP contribution in [0, 0.1) is 0 Å². The van der Waals surface area contributed by atoms with Gasteiger partial charge in [-0.05, 0) is 18.4 Å². The van der Waals surface area contributed by atoms with Crippen molar-refractivity contribution in [3.63, 3.8) is 0 Å². The molecule has 0 spiro atoms. The number of nitrogens with zero attached hydrogens (tertiary/aromatic N) is 1. The Hall–Kier alpha value is -1.23. The van der Waals surface area contributed by atoms with Crippen molar-refractivity contribution in [2.24, 2.45) is 0 Å².